The molecule has 0 saturated carbocycles. The Morgan fingerprint density at radius 1 is 1.28 bits per heavy atom. The van der Waals surface area contributed by atoms with Gasteiger partial charge in [-0.1, -0.05) is 28.1 Å². The van der Waals surface area contributed by atoms with E-state index in [4.69, 9.17) is 0 Å². The van der Waals surface area contributed by atoms with Gasteiger partial charge in [0.1, 0.15) is 5.82 Å². The minimum absolute atomic E-state index is 0.184. The van der Waals surface area contributed by atoms with Gasteiger partial charge in [0.2, 0.25) is 0 Å². The van der Waals surface area contributed by atoms with Crippen LogP contribution < -0.4 is 5.32 Å². The first-order valence-electron chi connectivity index (χ1n) is 5.26. The van der Waals surface area contributed by atoms with Crippen LogP contribution in [0.4, 0.5) is 5.82 Å². The van der Waals surface area contributed by atoms with Gasteiger partial charge >= 0.3 is 0 Å². The van der Waals surface area contributed by atoms with Crippen molar-refractivity contribution in [3.63, 3.8) is 0 Å². The van der Waals surface area contributed by atoms with Crippen molar-refractivity contribution in [1.82, 2.24) is 4.98 Å². The van der Waals surface area contributed by atoms with Crippen LogP contribution in [0.2, 0.25) is 0 Å². The highest BCUT2D eigenvalue weighted by Gasteiger charge is 2.11. The molecule has 18 heavy (non-hydrogen) atoms. The highest BCUT2D eigenvalue weighted by molar-refractivity contribution is 9.10. The van der Waals surface area contributed by atoms with Gasteiger partial charge in [-0.05, 0) is 46.6 Å². The Morgan fingerprint density at radius 3 is 2.78 bits per heavy atom. The largest absolute Gasteiger partial charge is 0.306 e. The average Bonchev–Trinajstić information content (AvgIpc) is 2.32. The summed E-state index contributed by atoms with van der Waals surface area (Å²) in [5.74, 6) is 0.332. The third kappa shape index (κ3) is 2.97. The quantitative estimate of drug-likeness (QED) is 0.863. The number of aromatic nitrogens is 1. The van der Waals surface area contributed by atoms with E-state index in [1.54, 1.807) is 24.4 Å². The van der Waals surface area contributed by atoms with Crippen LogP contribution in [0, 0.1) is 6.92 Å². The normalized spacial score (nSPS) is 10.2. The standard InChI is InChI=1S/C13H10Br2N2O/c1-8-3-2-4-10(12(8)15)13(18)17-11-7-9(14)5-6-16-11/h2-7H,1H3,(H,16,17,18). The molecular formula is C13H10Br2N2O. The third-order valence-electron chi connectivity index (χ3n) is 2.40. The van der Waals surface area contributed by atoms with Gasteiger partial charge in [0.25, 0.3) is 5.91 Å². The molecule has 0 aliphatic carbocycles. The van der Waals surface area contributed by atoms with Crippen LogP contribution in [0.3, 0.4) is 0 Å². The van der Waals surface area contributed by atoms with Crippen molar-refractivity contribution >= 4 is 43.6 Å². The van der Waals surface area contributed by atoms with Crippen molar-refractivity contribution in [3.8, 4) is 0 Å². The first-order chi connectivity index (χ1) is 8.58. The molecule has 0 radical (unpaired) electrons. The van der Waals surface area contributed by atoms with Gasteiger partial charge in [0.15, 0.2) is 0 Å². The maximum Gasteiger partial charge on any atom is 0.257 e. The van der Waals surface area contributed by atoms with Crippen LogP contribution in [0.15, 0.2) is 45.5 Å². The number of benzene rings is 1. The molecule has 5 heteroatoms. The number of aryl methyl sites for hydroxylation is 1. The topological polar surface area (TPSA) is 42.0 Å². The Balaban J connectivity index is 2.25. The summed E-state index contributed by atoms with van der Waals surface area (Å²) in [6, 6.07) is 9.12. The molecule has 0 unspecified atom stereocenters. The second kappa shape index (κ2) is 5.63. The van der Waals surface area contributed by atoms with E-state index in [1.165, 1.54) is 0 Å². The molecule has 0 saturated heterocycles. The van der Waals surface area contributed by atoms with Gasteiger partial charge in [-0.15, -0.1) is 0 Å². The summed E-state index contributed by atoms with van der Waals surface area (Å²) < 4.78 is 1.67. The zero-order valence-corrected chi connectivity index (χ0v) is 12.7. The molecule has 1 heterocycles. The fraction of sp³-hybridized carbons (Fsp3) is 0.0769. The number of carbonyl (C=O) groups is 1. The summed E-state index contributed by atoms with van der Waals surface area (Å²) in [5.41, 5.74) is 1.61. The Labute approximate surface area is 122 Å². The molecular weight excluding hydrogens is 360 g/mol. The third-order valence-corrected chi connectivity index (χ3v) is 3.95. The lowest BCUT2D eigenvalue weighted by Gasteiger charge is -2.08. The Bertz CT molecular complexity index is 599. The van der Waals surface area contributed by atoms with Gasteiger partial charge in [0.05, 0.1) is 5.56 Å². The predicted molar refractivity (Wildman–Crippen MR) is 78.8 cm³/mol. The summed E-state index contributed by atoms with van der Waals surface area (Å²) in [4.78, 5) is 16.2. The molecule has 0 aliphatic rings. The van der Waals surface area contributed by atoms with Crippen LogP contribution in [0.25, 0.3) is 0 Å². The van der Waals surface area contributed by atoms with E-state index >= 15 is 0 Å². The molecule has 0 bridgehead atoms. The zero-order chi connectivity index (χ0) is 13.1. The first kappa shape index (κ1) is 13.2. The molecule has 0 atom stereocenters. The number of carbonyl (C=O) groups excluding carboxylic acids is 1. The molecule has 2 rings (SSSR count). The van der Waals surface area contributed by atoms with Gasteiger partial charge in [0, 0.05) is 15.1 Å². The van der Waals surface area contributed by atoms with Gasteiger partial charge in [-0.25, -0.2) is 4.98 Å². The van der Waals surface area contributed by atoms with Gasteiger partial charge in [-0.2, -0.15) is 0 Å². The molecule has 3 nitrogen and oxygen atoms in total. The molecule has 0 spiro atoms. The number of pyridine rings is 1. The van der Waals surface area contributed by atoms with Crippen LogP contribution in [0.1, 0.15) is 15.9 Å². The highest BCUT2D eigenvalue weighted by atomic mass is 79.9. The number of hydrogen-bond donors (Lipinski definition) is 1. The van der Waals surface area contributed by atoms with Gasteiger partial charge < -0.3 is 5.32 Å². The number of nitrogens with one attached hydrogen (secondary N) is 1. The second-order valence-corrected chi connectivity index (χ2v) is 5.46. The number of rotatable bonds is 2. The van der Waals surface area contributed by atoms with Crippen LogP contribution in [0.5, 0.6) is 0 Å². The van der Waals surface area contributed by atoms with Crippen LogP contribution in [-0.2, 0) is 0 Å². The summed E-state index contributed by atoms with van der Waals surface area (Å²) in [7, 11) is 0. The summed E-state index contributed by atoms with van der Waals surface area (Å²) in [6.07, 6.45) is 1.63. The van der Waals surface area contributed by atoms with E-state index in [0.29, 0.717) is 11.4 Å². The van der Waals surface area contributed by atoms with Crippen molar-refractivity contribution in [2.45, 2.75) is 6.92 Å². The molecule has 1 amide bonds. The molecule has 2 aromatic rings. The maximum absolute atomic E-state index is 12.1. The predicted octanol–water partition coefficient (Wildman–Crippen LogP) is 4.17. The van der Waals surface area contributed by atoms with E-state index in [9.17, 15) is 4.79 Å². The lowest BCUT2D eigenvalue weighted by Crippen LogP contribution is -2.13. The van der Waals surface area contributed by atoms with E-state index < -0.39 is 0 Å². The molecule has 1 N–H and O–H groups in total. The van der Waals surface area contributed by atoms with E-state index in [-0.39, 0.29) is 5.91 Å². The molecule has 0 aliphatic heterocycles. The van der Waals surface area contributed by atoms with E-state index in [0.717, 1.165) is 14.5 Å². The number of hydrogen-bond acceptors (Lipinski definition) is 2. The Hall–Kier alpha value is -1.20. The van der Waals surface area contributed by atoms with Crippen LogP contribution >= 0.6 is 31.9 Å². The fourth-order valence-corrected chi connectivity index (χ4v) is 2.26. The number of anilines is 1. The second-order valence-electron chi connectivity index (χ2n) is 3.75. The maximum atomic E-state index is 12.1. The number of nitrogens with zero attached hydrogens (tertiary/aromatic N) is 1. The van der Waals surface area contributed by atoms with Crippen molar-refractivity contribution in [2.75, 3.05) is 5.32 Å². The van der Waals surface area contributed by atoms with Crippen molar-refractivity contribution in [2.24, 2.45) is 0 Å². The highest BCUT2D eigenvalue weighted by Crippen LogP contribution is 2.22. The molecule has 0 fully saturated rings. The monoisotopic (exact) mass is 368 g/mol. The molecule has 92 valence electrons. The summed E-state index contributed by atoms with van der Waals surface area (Å²) in [5, 5.41) is 2.76. The Morgan fingerprint density at radius 2 is 2.06 bits per heavy atom. The zero-order valence-electron chi connectivity index (χ0n) is 9.58. The number of amides is 1. The van der Waals surface area contributed by atoms with Gasteiger partial charge in [-0.3, -0.25) is 4.79 Å². The fourth-order valence-electron chi connectivity index (χ4n) is 1.48. The summed E-state index contributed by atoms with van der Waals surface area (Å²) >= 11 is 6.75. The number of halogens is 2. The van der Waals surface area contributed by atoms with E-state index in [1.807, 2.05) is 19.1 Å². The molecule has 1 aromatic heterocycles. The SMILES string of the molecule is Cc1cccc(C(=O)Nc2cc(Br)ccn2)c1Br. The van der Waals surface area contributed by atoms with Crippen LogP contribution in [-0.4, -0.2) is 10.9 Å². The van der Waals surface area contributed by atoms with E-state index in [2.05, 4.69) is 42.2 Å². The first-order valence-corrected chi connectivity index (χ1v) is 6.84. The summed E-state index contributed by atoms with van der Waals surface area (Å²) in [6.45, 7) is 1.94. The van der Waals surface area contributed by atoms with Crippen molar-refractivity contribution in [1.29, 1.82) is 0 Å². The molecule has 1 aromatic carbocycles. The lowest BCUT2D eigenvalue weighted by atomic mass is 10.1. The van der Waals surface area contributed by atoms with Crippen molar-refractivity contribution < 1.29 is 4.79 Å². The van der Waals surface area contributed by atoms with Crippen molar-refractivity contribution in [3.05, 3.63) is 56.6 Å². The minimum atomic E-state index is -0.184. The Kier molecular flexibility index (Phi) is 4.14. The lowest BCUT2D eigenvalue weighted by molar-refractivity contribution is 0.102. The smallest absolute Gasteiger partial charge is 0.257 e. The minimum Gasteiger partial charge on any atom is -0.306 e. The average molecular weight is 370 g/mol.